The standard InChI is InChI=1S/C12H21N3S.HI/c1-4-8-14-12(13-3)15-9-11-7-6-10(5-2)16-11;/h6-7H,4-5,8-9H2,1-3H3,(H2,13,14,15);1H. The Labute approximate surface area is 125 Å². The molecule has 0 fully saturated rings. The molecule has 98 valence electrons. The molecule has 1 aromatic rings. The van der Waals surface area contributed by atoms with Gasteiger partial charge in [-0.05, 0) is 25.0 Å². The van der Waals surface area contributed by atoms with Crippen LogP contribution in [0, 0.1) is 0 Å². The number of nitrogens with one attached hydrogen (secondary N) is 2. The summed E-state index contributed by atoms with van der Waals surface area (Å²) in [4.78, 5) is 6.96. The normalized spacial score (nSPS) is 10.9. The van der Waals surface area contributed by atoms with Gasteiger partial charge in [0.25, 0.3) is 0 Å². The summed E-state index contributed by atoms with van der Waals surface area (Å²) in [6.07, 6.45) is 2.23. The molecule has 1 rings (SSSR count). The Bertz CT molecular complexity index is 336. The highest BCUT2D eigenvalue weighted by Crippen LogP contribution is 2.16. The monoisotopic (exact) mass is 367 g/mol. The first-order valence-electron chi connectivity index (χ1n) is 5.82. The highest BCUT2D eigenvalue weighted by atomic mass is 127. The fourth-order valence-electron chi connectivity index (χ4n) is 1.34. The molecule has 0 aliphatic heterocycles. The minimum Gasteiger partial charge on any atom is -0.356 e. The fourth-order valence-corrected chi connectivity index (χ4v) is 2.24. The lowest BCUT2D eigenvalue weighted by Gasteiger charge is -2.09. The minimum atomic E-state index is 0. The van der Waals surface area contributed by atoms with Gasteiger partial charge in [-0.25, -0.2) is 0 Å². The third-order valence-corrected chi connectivity index (χ3v) is 3.49. The molecule has 0 spiro atoms. The second-order valence-corrected chi connectivity index (χ2v) is 4.83. The Morgan fingerprint density at radius 3 is 2.47 bits per heavy atom. The van der Waals surface area contributed by atoms with Gasteiger partial charge < -0.3 is 10.6 Å². The number of rotatable bonds is 5. The number of hydrogen-bond donors (Lipinski definition) is 2. The van der Waals surface area contributed by atoms with Crippen LogP contribution in [0.1, 0.15) is 30.0 Å². The predicted octanol–water partition coefficient (Wildman–Crippen LogP) is 3.00. The highest BCUT2D eigenvalue weighted by molar-refractivity contribution is 14.0. The van der Waals surface area contributed by atoms with E-state index in [0.29, 0.717) is 0 Å². The number of nitrogens with zero attached hydrogens (tertiary/aromatic N) is 1. The van der Waals surface area contributed by atoms with Gasteiger partial charge in [0.15, 0.2) is 5.96 Å². The zero-order valence-corrected chi connectivity index (χ0v) is 13.9. The van der Waals surface area contributed by atoms with Crippen molar-refractivity contribution in [3.05, 3.63) is 21.9 Å². The van der Waals surface area contributed by atoms with Gasteiger partial charge in [-0.2, -0.15) is 0 Å². The molecule has 0 unspecified atom stereocenters. The fraction of sp³-hybridized carbons (Fsp3) is 0.583. The van der Waals surface area contributed by atoms with Crippen LogP contribution in [0.5, 0.6) is 0 Å². The molecule has 0 aliphatic carbocycles. The van der Waals surface area contributed by atoms with Crippen molar-refractivity contribution in [2.45, 2.75) is 33.2 Å². The number of hydrogen-bond acceptors (Lipinski definition) is 2. The van der Waals surface area contributed by atoms with E-state index in [9.17, 15) is 0 Å². The van der Waals surface area contributed by atoms with E-state index in [1.807, 2.05) is 11.3 Å². The Morgan fingerprint density at radius 1 is 1.24 bits per heavy atom. The minimum absolute atomic E-state index is 0. The maximum atomic E-state index is 4.17. The lowest BCUT2D eigenvalue weighted by atomic mass is 10.3. The molecule has 5 heteroatoms. The molecule has 0 atom stereocenters. The maximum Gasteiger partial charge on any atom is 0.191 e. The first-order valence-corrected chi connectivity index (χ1v) is 6.63. The van der Waals surface area contributed by atoms with Crippen LogP contribution in [-0.2, 0) is 13.0 Å². The number of aryl methyl sites for hydroxylation is 1. The number of halogens is 1. The van der Waals surface area contributed by atoms with E-state index in [1.165, 1.54) is 9.75 Å². The summed E-state index contributed by atoms with van der Waals surface area (Å²) in [6.45, 7) is 6.15. The van der Waals surface area contributed by atoms with Crippen molar-refractivity contribution in [1.82, 2.24) is 10.6 Å². The summed E-state index contributed by atoms with van der Waals surface area (Å²) in [5.74, 6) is 0.883. The van der Waals surface area contributed by atoms with Gasteiger partial charge in [-0.3, -0.25) is 4.99 Å². The molecule has 0 aromatic carbocycles. The van der Waals surface area contributed by atoms with Gasteiger partial charge in [0, 0.05) is 23.3 Å². The number of guanidine groups is 1. The van der Waals surface area contributed by atoms with Crippen LogP contribution >= 0.6 is 35.3 Å². The number of aliphatic imine (C=N–C) groups is 1. The molecule has 0 saturated heterocycles. The first kappa shape index (κ1) is 16.7. The summed E-state index contributed by atoms with van der Waals surface area (Å²) in [5.41, 5.74) is 0. The predicted molar refractivity (Wildman–Crippen MR) is 87.6 cm³/mol. The summed E-state index contributed by atoms with van der Waals surface area (Å²) in [7, 11) is 1.80. The van der Waals surface area contributed by atoms with E-state index in [1.54, 1.807) is 7.05 Å². The van der Waals surface area contributed by atoms with Gasteiger partial charge in [0.05, 0.1) is 6.54 Å². The molecule has 0 bridgehead atoms. The zero-order valence-electron chi connectivity index (χ0n) is 10.7. The summed E-state index contributed by atoms with van der Waals surface area (Å²) in [6, 6.07) is 4.38. The SMILES string of the molecule is CCCNC(=NC)NCc1ccc(CC)s1.I. The van der Waals surface area contributed by atoms with Crippen molar-refractivity contribution in [3.63, 3.8) is 0 Å². The van der Waals surface area contributed by atoms with Crippen LogP contribution in [-0.4, -0.2) is 19.6 Å². The van der Waals surface area contributed by atoms with Crippen LogP contribution in [0.3, 0.4) is 0 Å². The van der Waals surface area contributed by atoms with E-state index >= 15 is 0 Å². The van der Waals surface area contributed by atoms with Gasteiger partial charge in [-0.1, -0.05) is 13.8 Å². The van der Waals surface area contributed by atoms with Crippen LogP contribution in [0.4, 0.5) is 0 Å². The maximum absolute atomic E-state index is 4.17. The molecular formula is C12H22IN3S. The molecule has 0 amide bonds. The largest absolute Gasteiger partial charge is 0.356 e. The molecule has 0 radical (unpaired) electrons. The lowest BCUT2D eigenvalue weighted by Crippen LogP contribution is -2.36. The molecule has 1 aromatic heterocycles. The van der Waals surface area contributed by atoms with E-state index in [2.05, 4.69) is 41.6 Å². The van der Waals surface area contributed by atoms with Crippen molar-refractivity contribution in [2.24, 2.45) is 4.99 Å². The van der Waals surface area contributed by atoms with Gasteiger partial charge in [-0.15, -0.1) is 35.3 Å². The lowest BCUT2D eigenvalue weighted by molar-refractivity contribution is 0.785. The summed E-state index contributed by atoms with van der Waals surface area (Å²) >= 11 is 1.86. The van der Waals surface area contributed by atoms with Crippen molar-refractivity contribution < 1.29 is 0 Å². The van der Waals surface area contributed by atoms with Crippen LogP contribution in [0.25, 0.3) is 0 Å². The van der Waals surface area contributed by atoms with E-state index in [-0.39, 0.29) is 24.0 Å². The average Bonchev–Trinajstić information content (AvgIpc) is 2.77. The van der Waals surface area contributed by atoms with Crippen LogP contribution < -0.4 is 10.6 Å². The van der Waals surface area contributed by atoms with Crippen LogP contribution in [0.15, 0.2) is 17.1 Å². The van der Waals surface area contributed by atoms with E-state index in [4.69, 9.17) is 0 Å². The molecule has 0 aliphatic rings. The Kier molecular flexibility index (Phi) is 9.53. The van der Waals surface area contributed by atoms with Crippen molar-refractivity contribution >= 4 is 41.3 Å². The Hall–Kier alpha value is -0.300. The zero-order chi connectivity index (χ0) is 11.8. The van der Waals surface area contributed by atoms with Crippen molar-refractivity contribution in [2.75, 3.05) is 13.6 Å². The second-order valence-electron chi connectivity index (χ2n) is 3.57. The molecule has 0 saturated carbocycles. The topological polar surface area (TPSA) is 36.4 Å². The van der Waals surface area contributed by atoms with Gasteiger partial charge in [0.1, 0.15) is 0 Å². The summed E-state index contributed by atoms with van der Waals surface area (Å²) < 4.78 is 0. The van der Waals surface area contributed by atoms with E-state index < -0.39 is 0 Å². The van der Waals surface area contributed by atoms with Crippen molar-refractivity contribution in [3.8, 4) is 0 Å². The van der Waals surface area contributed by atoms with Gasteiger partial charge in [0.2, 0.25) is 0 Å². The quantitative estimate of drug-likeness (QED) is 0.477. The van der Waals surface area contributed by atoms with Crippen molar-refractivity contribution in [1.29, 1.82) is 0 Å². The third kappa shape index (κ3) is 6.26. The van der Waals surface area contributed by atoms with Crippen LogP contribution in [0.2, 0.25) is 0 Å². The smallest absolute Gasteiger partial charge is 0.191 e. The van der Waals surface area contributed by atoms with E-state index in [0.717, 1.165) is 31.9 Å². The summed E-state index contributed by atoms with van der Waals surface area (Å²) in [5, 5.41) is 6.56. The molecule has 3 nitrogen and oxygen atoms in total. The highest BCUT2D eigenvalue weighted by Gasteiger charge is 2.00. The second kappa shape index (κ2) is 9.70. The Morgan fingerprint density at radius 2 is 1.94 bits per heavy atom. The number of thiophene rings is 1. The first-order chi connectivity index (χ1) is 7.80. The molecule has 1 heterocycles. The van der Waals surface area contributed by atoms with Gasteiger partial charge >= 0.3 is 0 Å². The average molecular weight is 367 g/mol. The molecule has 2 N–H and O–H groups in total. The molecular weight excluding hydrogens is 345 g/mol. The molecule has 17 heavy (non-hydrogen) atoms. The Balaban J connectivity index is 0.00000256. The third-order valence-electron chi connectivity index (χ3n) is 2.26.